The van der Waals surface area contributed by atoms with Crippen molar-refractivity contribution in [1.29, 1.82) is 0 Å². The van der Waals surface area contributed by atoms with E-state index in [1.165, 1.54) is 72.0 Å². The number of rotatable bonds is 2. The molecule has 2 heterocycles. The van der Waals surface area contributed by atoms with Crippen LogP contribution in [0, 0.1) is 6.92 Å². The molecule has 0 aromatic heterocycles. The molecule has 0 fully saturated rings. The fraction of sp³-hybridized carbons (Fsp3) is 0.189. The van der Waals surface area contributed by atoms with Crippen molar-refractivity contribution < 1.29 is 0 Å². The Bertz CT molecular complexity index is 2010. The number of hydrogen-bond acceptors (Lipinski definition) is 4. The second-order valence-electron chi connectivity index (χ2n) is 11.6. The van der Waals surface area contributed by atoms with Crippen molar-refractivity contribution in [1.82, 2.24) is 0 Å². The number of para-hydroxylation sites is 4. The summed E-state index contributed by atoms with van der Waals surface area (Å²) in [5.41, 5.74) is 8.90. The van der Waals surface area contributed by atoms with Crippen molar-refractivity contribution in [2.24, 2.45) is 0 Å². The third-order valence-corrected chi connectivity index (χ3v) is 9.64. The summed E-state index contributed by atoms with van der Waals surface area (Å²) >= 11 is 0. The van der Waals surface area contributed by atoms with Gasteiger partial charge in [-0.15, -0.1) is 0 Å². The van der Waals surface area contributed by atoms with E-state index < -0.39 is 0 Å². The molecule has 2 aliphatic heterocycles. The zero-order valence-corrected chi connectivity index (χ0v) is 24.3. The summed E-state index contributed by atoms with van der Waals surface area (Å²) < 4.78 is 0. The Hall–Kier alpha value is -4.70. The average Bonchev–Trinajstić information content (AvgIpc) is 3.41. The molecule has 2 atom stereocenters. The van der Waals surface area contributed by atoms with Gasteiger partial charge in [-0.3, -0.25) is 0 Å². The maximum Gasteiger partial charge on any atom is 0.103 e. The van der Waals surface area contributed by atoms with E-state index in [1.807, 2.05) is 0 Å². The van der Waals surface area contributed by atoms with Crippen molar-refractivity contribution in [3.8, 4) is 0 Å². The Morgan fingerprint density at radius 3 is 1.46 bits per heavy atom. The monoisotopic (exact) mass is 534 g/mol. The summed E-state index contributed by atoms with van der Waals surface area (Å²) in [4.78, 5) is 9.90. The topological polar surface area (TPSA) is 13.0 Å². The summed E-state index contributed by atoms with van der Waals surface area (Å²) in [6, 6.07) is 38.0. The van der Waals surface area contributed by atoms with Gasteiger partial charge in [0, 0.05) is 25.2 Å². The van der Waals surface area contributed by atoms with Crippen molar-refractivity contribution in [3.63, 3.8) is 0 Å². The smallest absolute Gasteiger partial charge is 0.103 e. The second kappa shape index (κ2) is 8.65. The Morgan fingerprint density at radius 2 is 0.878 bits per heavy atom. The van der Waals surface area contributed by atoms with Crippen LogP contribution in [0.3, 0.4) is 0 Å². The van der Waals surface area contributed by atoms with Gasteiger partial charge in [0.1, 0.15) is 12.3 Å². The molecule has 6 aromatic rings. The Labute approximate surface area is 241 Å². The number of fused-ring (bicyclic) bond motifs is 8. The molecule has 0 bridgehead atoms. The van der Waals surface area contributed by atoms with E-state index in [0.717, 1.165) is 0 Å². The molecule has 2 aliphatic rings. The van der Waals surface area contributed by atoms with Crippen LogP contribution in [0.5, 0.6) is 0 Å². The van der Waals surface area contributed by atoms with E-state index in [-0.39, 0.29) is 12.3 Å². The lowest BCUT2D eigenvalue weighted by Gasteiger charge is -2.35. The first-order chi connectivity index (χ1) is 20.0. The van der Waals surface area contributed by atoms with E-state index in [0.29, 0.717) is 0 Å². The van der Waals surface area contributed by atoms with Crippen LogP contribution >= 0.6 is 0 Å². The predicted molar refractivity (Wildman–Crippen MR) is 177 cm³/mol. The first-order valence-electron chi connectivity index (χ1n) is 14.6. The summed E-state index contributed by atoms with van der Waals surface area (Å²) in [5.74, 6) is 0. The molecule has 4 nitrogen and oxygen atoms in total. The zero-order valence-electron chi connectivity index (χ0n) is 24.3. The van der Waals surface area contributed by atoms with Crippen LogP contribution in [0.2, 0.25) is 0 Å². The molecule has 0 spiro atoms. The molecule has 6 aromatic carbocycles. The normalized spacial score (nSPS) is 18.2. The van der Waals surface area contributed by atoms with E-state index in [1.54, 1.807) is 0 Å². The van der Waals surface area contributed by atoms with Crippen LogP contribution in [0.4, 0.5) is 34.1 Å². The number of nitrogens with zero attached hydrogens (tertiary/aromatic N) is 4. The summed E-state index contributed by atoms with van der Waals surface area (Å²) in [6.45, 7) is 6.96. The van der Waals surface area contributed by atoms with Gasteiger partial charge in [0.25, 0.3) is 0 Å². The van der Waals surface area contributed by atoms with Crippen molar-refractivity contribution in [2.45, 2.75) is 33.1 Å². The van der Waals surface area contributed by atoms with Gasteiger partial charge in [-0.1, -0.05) is 72.8 Å². The SMILES string of the molecule is Cc1c(N2c3ccccc3N(C)[C@H]2C)cc2c3ccccc3c3ccccc3c2c1N1c2ccccc2N(C)[C@@H]1C. The standard InChI is InChI=1S/C37H34N4/c1-23-35(40-24(2)38(4)31-18-10-12-20-33(31)40)22-30-28-16-7-6-14-26(28)27-15-8-9-17-29(27)36(30)37(23)41-25(3)39(5)32-19-11-13-21-34(32)41/h6-22,24-25H,1-5H3/t24-,25+/m1/s1. The summed E-state index contributed by atoms with van der Waals surface area (Å²) in [7, 11) is 4.42. The quantitative estimate of drug-likeness (QED) is 0.205. The highest BCUT2D eigenvalue weighted by Crippen LogP contribution is 2.53. The minimum absolute atomic E-state index is 0.167. The molecule has 202 valence electrons. The second-order valence-corrected chi connectivity index (χ2v) is 11.6. The van der Waals surface area contributed by atoms with Crippen LogP contribution in [0.1, 0.15) is 19.4 Å². The van der Waals surface area contributed by atoms with Crippen molar-refractivity contribution >= 4 is 66.4 Å². The molecular formula is C37H34N4. The van der Waals surface area contributed by atoms with Gasteiger partial charge >= 0.3 is 0 Å². The van der Waals surface area contributed by atoms with Gasteiger partial charge in [0.15, 0.2) is 0 Å². The zero-order chi connectivity index (χ0) is 28.0. The number of hydrogen-bond donors (Lipinski definition) is 0. The maximum atomic E-state index is 2.58. The fourth-order valence-electron chi connectivity index (χ4n) is 7.40. The highest BCUT2D eigenvalue weighted by Gasteiger charge is 2.37. The first kappa shape index (κ1) is 24.1. The van der Waals surface area contributed by atoms with Gasteiger partial charge in [0.2, 0.25) is 0 Å². The molecule has 0 amide bonds. The van der Waals surface area contributed by atoms with Crippen molar-refractivity contribution in [2.75, 3.05) is 33.7 Å². The first-order valence-corrected chi connectivity index (χ1v) is 14.6. The van der Waals surface area contributed by atoms with E-state index >= 15 is 0 Å². The molecule has 0 saturated heterocycles. The number of anilines is 6. The van der Waals surface area contributed by atoms with Crippen LogP contribution in [0.25, 0.3) is 32.3 Å². The minimum atomic E-state index is 0.167. The van der Waals surface area contributed by atoms with E-state index in [2.05, 4.69) is 158 Å². The minimum Gasteiger partial charge on any atom is -0.353 e. The van der Waals surface area contributed by atoms with Gasteiger partial charge in [0.05, 0.1) is 28.4 Å². The maximum absolute atomic E-state index is 2.58. The van der Waals surface area contributed by atoms with Gasteiger partial charge < -0.3 is 19.6 Å². The molecule has 8 rings (SSSR count). The average molecular weight is 535 g/mol. The molecular weight excluding hydrogens is 500 g/mol. The lowest BCUT2D eigenvalue weighted by molar-refractivity contribution is 0.727. The Balaban J connectivity index is 1.56. The van der Waals surface area contributed by atoms with Crippen LogP contribution in [-0.4, -0.2) is 26.4 Å². The van der Waals surface area contributed by atoms with E-state index in [4.69, 9.17) is 0 Å². The fourth-order valence-corrected chi connectivity index (χ4v) is 7.40. The van der Waals surface area contributed by atoms with Crippen LogP contribution in [-0.2, 0) is 0 Å². The Kier molecular flexibility index (Phi) is 5.09. The lowest BCUT2D eigenvalue weighted by atomic mass is 9.90. The summed E-state index contributed by atoms with van der Waals surface area (Å²) in [5, 5.41) is 7.83. The van der Waals surface area contributed by atoms with Crippen molar-refractivity contribution in [3.05, 3.63) is 109 Å². The van der Waals surface area contributed by atoms with Gasteiger partial charge in [-0.05, 0) is 83.6 Å². The molecule has 4 heteroatoms. The predicted octanol–water partition coefficient (Wildman–Crippen LogP) is 9.32. The highest BCUT2D eigenvalue weighted by molar-refractivity contribution is 6.30. The molecule has 41 heavy (non-hydrogen) atoms. The van der Waals surface area contributed by atoms with Crippen LogP contribution < -0.4 is 19.6 Å². The lowest BCUT2D eigenvalue weighted by Crippen LogP contribution is -2.37. The molecule has 0 radical (unpaired) electrons. The third-order valence-electron chi connectivity index (χ3n) is 9.64. The number of benzene rings is 6. The van der Waals surface area contributed by atoms with Crippen LogP contribution in [0.15, 0.2) is 103 Å². The molecule has 0 N–H and O–H groups in total. The van der Waals surface area contributed by atoms with E-state index in [9.17, 15) is 0 Å². The Morgan fingerprint density at radius 1 is 0.463 bits per heavy atom. The van der Waals surface area contributed by atoms with Gasteiger partial charge in [-0.2, -0.15) is 0 Å². The summed E-state index contributed by atoms with van der Waals surface area (Å²) in [6.07, 6.45) is 0.356. The highest BCUT2D eigenvalue weighted by atomic mass is 15.4. The largest absolute Gasteiger partial charge is 0.353 e. The van der Waals surface area contributed by atoms with Gasteiger partial charge in [-0.25, -0.2) is 0 Å². The molecule has 0 saturated carbocycles. The molecule has 0 aliphatic carbocycles. The molecule has 0 unspecified atom stereocenters. The third kappa shape index (κ3) is 3.16.